The van der Waals surface area contributed by atoms with Gasteiger partial charge in [-0.1, -0.05) is 0 Å². The number of nitrogens with zero attached hydrogens (tertiary/aromatic N) is 2. The minimum absolute atomic E-state index is 0.0175. The first-order chi connectivity index (χ1) is 7.06. The van der Waals surface area contributed by atoms with Gasteiger partial charge in [-0.2, -0.15) is 0 Å². The average Bonchev–Trinajstić information content (AvgIpc) is 2.63. The standard InChI is InChI=1S/C10H18N4O/c1-7(9-12-5-6-14(9)4)13-8(2)10(15)11-3/h5-8,13H,1-4H3,(H,11,15). The highest BCUT2D eigenvalue weighted by Crippen LogP contribution is 2.09. The molecule has 2 unspecified atom stereocenters. The summed E-state index contributed by atoms with van der Waals surface area (Å²) >= 11 is 0. The van der Waals surface area contributed by atoms with Gasteiger partial charge in [0, 0.05) is 26.5 Å². The van der Waals surface area contributed by atoms with Gasteiger partial charge in [0.1, 0.15) is 5.82 Å². The number of likely N-dealkylation sites (N-methyl/N-ethyl adjacent to an activating group) is 1. The van der Waals surface area contributed by atoms with Crippen molar-refractivity contribution in [3.8, 4) is 0 Å². The first kappa shape index (κ1) is 11.7. The second-order valence-electron chi connectivity index (χ2n) is 3.62. The van der Waals surface area contributed by atoms with Gasteiger partial charge in [-0.3, -0.25) is 10.1 Å². The van der Waals surface area contributed by atoms with Crippen LogP contribution in [0.3, 0.4) is 0 Å². The van der Waals surface area contributed by atoms with Crippen LogP contribution in [-0.4, -0.2) is 28.5 Å². The van der Waals surface area contributed by atoms with E-state index in [2.05, 4.69) is 15.6 Å². The molecule has 2 atom stereocenters. The maximum Gasteiger partial charge on any atom is 0.236 e. The van der Waals surface area contributed by atoms with Crippen molar-refractivity contribution in [1.82, 2.24) is 20.2 Å². The van der Waals surface area contributed by atoms with E-state index < -0.39 is 0 Å². The molecule has 1 rings (SSSR count). The maximum atomic E-state index is 11.3. The summed E-state index contributed by atoms with van der Waals surface area (Å²) in [6, 6.07) is -0.168. The SMILES string of the molecule is CNC(=O)C(C)NC(C)c1nccn1C. The molecule has 0 aliphatic carbocycles. The number of carbonyl (C=O) groups is 1. The summed E-state index contributed by atoms with van der Waals surface area (Å²) in [6.45, 7) is 3.82. The first-order valence-electron chi connectivity index (χ1n) is 5.01. The summed E-state index contributed by atoms with van der Waals surface area (Å²) in [5.41, 5.74) is 0. The molecule has 0 fully saturated rings. The summed E-state index contributed by atoms with van der Waals surface area (Å²) in [7, 11) is 3.57. The Bertz CT molecular complexity index is 334. The van der Waals surface area contributed by atoms with E-state index in [-0.39, 0.29) is 18.0 Å². The molecule has 1 amide bonds. The zero-order chi connectivity index (χ0) is 11.4. The zero-order valence-electron chi connectivity index (χ0n) is 9.61. The van der Waals surface area contributed by atoms with E-state index in [0.29, 0.717) is 0 Å². The lowest BCUT2D eigenvalue weighted by Crippen LogP contribution is -2.42. The molecule has 0 bridgehead atoms. The molecular weight excluding hydrogens is 192 g/mol. The smallest absolute Gasteiger partial charge is 0.236 e. The lowest BCUT2D eigenvalue weighted by molar-refractivity contribution is -0.122. The van der Waals surface area contributed by atoms with Crippen LogP contribution in [0, 0.1) is 0 Å². The van der Waals surface area contributed by atoms with Crippen LogP contribution >= 0.6 is 0 Å². The Kier molecular flexibility index (Phi) is 3.85. The van der Waals surface area contributed by atoms with Crippen molar-refractivity contribution in [3.63, 3.8) is 0 Å². The maximum absolute atomic E-state index is 11.3. The van der Waals surface area contributed by atoms with Gasteiger partial charge in [-0.25, -0.2) is 4.98 Å². The van der Waals surface area contributed by atoms with Gasteiger partial charge in [0.05, 0.1) is 12.1 Å². The highest BCUT2D eigenvalue weighted by molar-refractivity contribution is 5.80. The van der Waals surface area contributed by atoms with Gasteiger partial charge in [0.25, 0.3) is 0 Å². The number of carbonyl (C=O) groups excluding carboxylic acids is 1. The molecular formula is C10H18N4O. The zero-order valence-corrected chi connectivity index (χ0v) is 9.61. The molecule has 5 nitrogen and oxygen atoms in total. The van der Waals surface area contributed by atoms with Gasteiger partial charge in [-0.15, -0.1) is 0 Å². The lowest BCUT2D eigenvalue weighted by atomic mass is 10.2. The second kappa shape index (κ2) is 4.93. The largest absolute Gasteiger partial charge is 0.358 e. The lowest BCUT2D eigenvalue weighted by Gasteiger charge is -2.18. The third-order valence-electron chi connectivity index (χ3n) is 2.39. The Hall–Kier alpha value is -1.36. The number of hydrogen-bond donors (Lipinski definition) is 2. The minimum Gasteiger partial charge on any atom is -0.358 e. The van der Waals surface area contributed by atoms with Crippen molar-refractivity contribution in [2.24, 2.45) is 7.05 Å². The van der Waals surface area contributed by atoms with Crippen LogP contribution in [0.2, 0.25) is 0 Å². The number of imidazole rings is 1. The Balaban J connectivity index is 2.60. The third-order valence-corrected chi connectivity index (χ3v) is 2.39. The highest BCUT2D eigenvalue weighted by Gasteiger charge is 2.16. The fourth-order valence-electron chi connectivity index (χ4n) is 1.54. The van der Waals surface area contributed by atoms with Crippen molar-refractivity contribution in [3.05, 3.63) is 18.2 Å². The Morgan fingerprint density at radius 1 is 1.53 bits per heavy atom. The van der Waals surface area contributed by atoms with Crippen LogP contribution in [-0.2, 0) is 11.8 Å². The van der Waals surface area contributed by atoms with E-state index in [4.69, 9.17) is 0 Å². The van der Waals surface area contributed by atoms with Gasteiger partial charge in [0.15, 0.2) is 0 Å². The topological polar surface area (TPSA) is 59.0 Å². The van der Waals surface area contributed by atoms with Crippen molar-refractivity contribution < 1.29 is 4.79 Å². The molecule has 2 N–H and O–H groups in total. The second-order valence-corrected chi connectivity index (χ2v) is 3.62. The number of nitrogens with one attached hydrogen (secondary N) is 2. The number of hydrogen-bond acceptors (Lipinski definition) is 3. The van der Waals surface area contributed by atoms with Gasteiger partial charge in [-0.05, 0) is 13.8 Å². The first-order valence-corrected chi connectivity index (χ1v) is 5.01. The minimum atomic E-state index is -0.221. The predicted octanol–water partition coefficient (Wildman–Crippen LogP) is 0.205. The number of aromatic nitrogens is 2. The number of aryl methyl sites for hydroxylation is 1. The number of rotatable bonds is 4. The van der Waals surface area contributed by atoms with E-state index >= 15 is 0 Å². The van der Waals surface area contributed by atoms with Crippen LogP contribution in [0.4, 0.5) is 0 Å². The molecule has 0 spiro atoms. The fraction of sp³-hybridized carbons (Fsp3) is 0.600. The quantitative estimate of drug-likeness (QED) is 0.746. The number of amides is 1. The Morgan fingerprint density at radius 2 is 2.20 bits per heavy atom. The molecule has 0 aliphatic rings. The molecule has 0 aliphatic heterocycles. The van der Waals surface area contributed by atoms with E-state index in [1.165, 1.54) is 0 Å². The highest BCUT2D eigenvalue weighted by atomic mass is 16.2. The summed E-state index contributed by atoms with van der Waals surface area (Å²) in [5.74, 6) is 0.904. The van der Waals surface area contributed by atoms with E-state index in [1.54, 1.807) is 13.2 Å². The van der Waals surface area contributed by atoms with Crippen LogP contribution in [0.1, 0.15) is 25.7 Å². The molecule has 0 aromatic carbocycles. The van der Waals surface area contributed by atoms with Crippen LogP contribution in [0.15, 0.2) is 12.4 Å². The average molecular weight is 210 g/mol. The normalized spacial score (nSPS) is 14.7. The summed E-state index contributed by atoms with van der Waals surface area (Å²) in [6.07, 6.45) is 3.64. The predicted molar refractivity (Wildman–Crippen MR) is 58.3 cm³/mol. The molecule has 15 heavy (non-hydrogen) atoms. The monoisotopic (exact) mass is 210 g/mol. The van der Waals surface area contributed by atoms with Crippen molar-refractivity contribution in [2.45, 2.75) is 25.9 Å². The molecule has 1 aromatic rings. The van der Waals surface area contributed by atoms with Gasteiger partial charge in [0.2, 0.25) is 5.91 Å². The van der Waals surface area contributed by atoms with Crippen LogP contribution in [0.25, 0.3) is 0 Å². The van der Waals surface area contributed by atoms with E-state index in [0.717, 1.165) is 5.82 Å². The van der Waals surface area contributed by atoms with Crippen molar-refractivity contribution >= 4 is 5.91 Å². The summed E-state index contributed by atoms with van der Waals surface area (Å²) in [4.78, 5) is 15.5. The van der Waals surface area contributed by atoms with Crippen LogP contribution < -0.4 is 10.6 Å². The third kappa shape index (κ3) is 2.79. The Morgan fingerprint density at radius 3 is 2.67 bits per heavy atom. The van der Waals surface area contributed by atoms with Crippen LogP contribution in [0.5, 0.6) is 0 Å². The summed E-state index contributed by atoms with van der Waals surface area (Å²) < 4.78 is 1.94. The molecule has 5 heteroatoms. The Labute approximate surface area is 89.9 Å². The molecule has 84 valence electrons. The fourth-order valence-corrected chi connectivity index (χ4v) is 1.54. The van der Waals surface area contributed by atoms with E-state index in [9.17, 15) is 4.79 Å². The van der Waals surface area contributed by atoms with E-state index in [1.807, 2.05) is 31.7 Å². The van der Waals surface area contributed by atoms with Crippen molar-refractivity contribution in [2.75, 3.05) is 7.05 Å². The molecule has 1 aromatic heterocycles. The van der Waals surface area contributed by atoms with Gasteiger partial charge < -0.3 is 9.88 Å². The molecule has 1 heterocycles. The molecule has 0 radical (unpaired) electrons. The summed E-state index contributed by atoms with van der Waals surface area (Å²) in [5, 5.41) is 5.78. The van der Waals surface area contributed by atoms with Crippen molar-refractivity contribution in [1.29, 1.82) is 0 Å². The van der Waals surface area contributed by atoms with Gasteiger partial charge >= 0.3 is 0 Å². The molecule has 0 saturated carbocycles. The molecule has 0 saturated heterocycles.